The van der Waals surface area contributed by atoms with E-state index in [1.807, 2.05) is 12.1 Å². The number of aryl methyl sites for hydroxylation is 1. The van der Waals surface area contributed by atoms with Gasteiger partial charge in [-0.2, -0.15) is 0 Å². The SMILES string of the molecule is Fc1ccc(C(CCl)CCc2cccs2)cc1. The topological polar surface area (TPSA) is 0 Å². The number of benzene rings is 1. The number of hydrogen-bond donors (Lipinski definition) is 0. The molecule has 0 aliphatic heterocycles. The Labute approximate surface area is 110 Å². The maximum absolute atomic E-state index is 12.8. The van der Waals surface area contributed by atoms with Crippen LogP contribution in [0.15, 0.2) is 41.8 Å². The van der Waals surface area contributed by atoms with Crippen LogP contribution in [0.1, 0.15) is 22.8 Å². The third-order valence-corrected chi connectivity index (χ3v) is 4.16. The van der Waals surface area contributed by atoms with Crippen molar-refractivity contribution >= 4 is 22.9 Å². The van der Waals surface area contributed by atoms with Crippen molar-refractivity contribution in [2.45, 2.75) is 18.8 Å². The molecular weight excluding hydrogens is 255 g/mol. The van der Waals surface area contributed by atoms with Crippen LogP contribution in [0.3, 0.4) is 0 Å². The minimum Gasteiger partial charge on any atom is -0.207 e. The Morgan fingerprint density at radius 3 is 2.53 bits per heavy atom. The van der Waals surface area contributed by atoms with Gasteiger partial charge in [0.2, 0.25) is 0 Å². The molecule has 0 spiro atoms. The highest BCUT2D eigenvalue weighted by molar-refractivity contribution is 7.09. The molecule has 0 amide bonds. The smallest absolute Gasteiger partial charge is 0.123 e. The molecule has 0 aliphatic carbocycles. The first-order valence-electron chi connectivity index (χ1n) is 5.63. The summed E-state index contributed by atoms with van der Waals surface area (Å²) >= 11 is 7.76. The van der Waals surface area contributed by atoms with Crippen molar-refractivity contribution in [1.29, 1.82) is 0 Å². The molecule has 0 nitrogen and oxygen atoms in total. The van der Waals surface area contributed by atoms with Gasteiger partial charge >= 0.3 is 0 Å². The second kappa shape index (κ2) is 6.18. The van der Waals surface area contributed by atoms with Crippen LogP contribution in [0.5, 0.6) is 0 Å². The highest BCUT2D eigenvalue weighted by Gasteiger charge is 2.10. The highest BCUT2D eigenvalue weighted by Crippen LogP contribution is 2.24. The second-order valence-electron chi connectivity index (χ2n) is 4.02. The standard InChI is InChI=1S/C14H14ClFS/c15-10-12(5-8-14-2-1-9-17-14)11-3-6-13(16)7-4-11/h1-4,6-7,9,12H,5,8,10H2. The predicted molar refractivity (Wildman–Crippen MR) is 72.5 cm³/mol. The molecule has 90 valence electrons. The van der Waals surface area contributed by atoms with Gasteiger partial charge in [-0.05, 0) is 47.9 Å². The summed E-state index contributed by atoms with van der Waals surface area (Å²) < 4.78 is 12.8. The van der Waals surface area contributed by atoms with E-state index in [0.29, 0.717) is 11.8 Å². The van der Waals surface area contributed by atoms with E-state index in [9.17, 15) is 4.39 Å². The molecule has 0 aliphatic rings. The van der Waals surface area contributed by atoms with E-state index in [1.165, 1.54) is 17.0 Å². The van der Waals surface area contributed by atoms with Gasteiger partial charge in [0.05, 0.1) is 0 Å². The summed E-state index contributed by atoms with van der Waals surface area (Å²) in [5.41, 5.74) is 1.12. The van der Waals surface area contributed by atoms with Crippen LogP contribution in [0.25, 0.3) is 0 Å². The zero-order chi connectivity index (χ0) is 12.1. The molecule has 1 atom stereocenters. The summed E-state index contributed by atoms with van der Waals surface area (Å²) in [6, 6.07) is 10.9. The van der Waals surface area contributed by atoms with Gasteiger partial charge < -0.3 is 0 Å². The van der Waals surface area contributed by atoms with Crippen molar-refractivity contribution in [3.05, 3.63) is 58.0 Å². The summed E-state index contributed by atoms with van der Waals surface area (Å²) in [6.07, 6.45) is 2.04. The van der Waals surface area contributed by atoms with Gasteiger partial charge in [-0.15, -0.1) is 22.9 Å². The molecule has 1 aromatic heterocycles. The van der Waals surface area contributed by atoms with Gasteiger partial charge in [0.1, 0.15) is 5.82 Å². The third kappa shape index (κ3) is 3.55. The van der Waals surface area contributed by atoms with E-state index < -0.39 is 0 Å². The first-order valence-corrected chi connectivity index (χ1v) is 7.05. The van der Waals surface area contributed by atoms with Gasteiger partial charge in [0, 0.05) is 10.8 Å². The number of rotatable bonds is 5. The number of alkyl halides is 1. The Kier molecular flexibility index (Phi) is 4.57. The van der Waals surface area contributed by atoms with Crippen LogP contribution in [0.4, 0.5) is 4.39 Å². The van der Waals surface area contributed by atoms with Gasteiger partial charge in [0.25, 0.3) is 0 Å². The average molecular weight is 269 g/mol. The van der Waals surface area contributed by atoms with Crippen LogP contribution >= 0.6 is 22.9 Å². The maximum Gasteiger partial charge on any atom is 0.123 e. The first kappa shape index (κ1) is 12.6. The van der Waals surface area contributed by atoms with Crippen LogP contribution in [-0.4, -0.2) is 5.88 Å². The van der Waals surface area contributed by atoms with Crippen molar-refractivity contribution in [2.24, 2.45) is 0 Å². The molecule has 1 unspecified atom stereocenters. The molecule has 17 heavy (non-hydrogen) atoms. The zero-order valence-corrected chi connectivity index (χ0v) is 11.0. The van der Waals surface area contributed by atoms with Gasteiger partial charge in [-0.3, -0.25) is 0 Å². The normalized spacial score (nSPS) is 12.6. The van der Waals surface area contributed by atoms with E-state index in [-0.39, 0.29) is 5.82 Å². The van der Waals surface area contributed by atoms with Crippen LogP contribution in [-0.2, 0) is 6.42 Å². The fraction of sp³-hybridized carbons (Fsp3) is 0.286. The molecule has 1 aromatic carbocycles. The largest absolute Gasteiger partial charge is 0.207 e. The molecule has 1 heterocycles. The summed E-state index contributed by atoms with van der Waals surface area (Å²) in [5, 5.41) is 2.09. The average Bonchev–Trinajstić information content (AvgIpc) is 2.85. The van der Waals surface area contributed by atoms with Crippen molar-refractivity contribution < 1.29 is 4.39 Å². The highest BCUT2D eigenvalue weighted by atomic mass is 35.5. The quantitative estimate of drug-likeness (QED) is 0.681. The lowest BCUT2D eigenvalue weighted by Gasteiger charge is -2.13. The van der Waals surface area contributed by atoms with Crippen molar-refractivity contribution in [3.63, 3.8) is 0 Å². The number of hydrogen-bond acceptors (Lipinski definition) is 1. The Hall–Kier alpha value is -0.860. The van der Waals surface area contributed by atoms with E-state index in [0.717, 1.165) is 18.4 Å². The lowest BCUT2D eigenvalue weighted by atomic mass is 9.96. The van der Waals surface area contributed by atoms with E-state index in [1.54, 1.807) is 11.3 Å². The second-order valence-corrected chi connectivity index (χ2v) is 5.36. The fourth-order valence-electron chi connectivity index (χ4n) is 1.84. The lowest BCUT2D eigenvalue weighted by molar-refractivity contribution is 0.623. The molecule has 0 bridgehead atoms. The lowest BCUT2D eigenvalue weighted by Crippen LogP contribution is -2.02. The maximum atomic E-state index is 12.8. The Morgan fingerprint density at radius 1 is 1.18 bits per heavy atom. The molecule has 0 radical (unpaired) electrons. The Balaban J connectivity index is 1.99. The van der Waals surface area contributed by atoms with Crippen LogP contribution in [0, 0.1) is 5.82 Å². The molecule has 2 aromatic rings. The minimum absolute atomic E-state index is 0.194. The Morgan fingerprint density at radius 2 is 1.94 bits per heavy atom. The van der Waals surface area contributed by atoms with E-state index in [2.05, 4.69) is 17.5 Å². The predicted octanol–water partition coefficient (Wildman–Crippen LogP) is 4.84. The number of thiophene rings is 1. The monoisotopic (exact) mass is 268 g/mol. The van der Waals surface area contributed by atoms with E-state index >= 15 is 0 Å². The molecule has 3 heteroatoms. The van der Waals surface area contributed by atoms with Crippen molar-refractivity contribution in [1.82, 2.24) is 0 Å². The summed E-state index contributed by atoms with van der Waals surface area (Å²) in [7, 11) is 0. The molecule has 0 saturated carbocycles. The Bertz CT molecular complexity index is 436. The first-order chi connectivity index (χ1) is 8.29. The summed E-state index contributed by atoms with van der Waals surface area (Å²) in [4.78, 5) is 1.38. The van der Waals surface area contributed by atoms with Gasteiger partial charge in [0.15, 0.2) is 0 Å². The van der Waals surface area contributed by atoms with E-state index in [4.69, 9.17) is 11.6 Å². The van der Waals surface area contributed by atoms with Crippen molar-refractivity contribution in [3.8, 4) is 0 Å². The minimum atomic E-state index is -0.194. The molecule has 0 fully saturated rings. The van der Waals surface area contributed by atoms with Gasteiger partial charge in [-0.1, -0.05) is 18.2 Å². The van der Waals surface area contributed by atoms with Gasteiger partial charge in [-0.25, -0.2) is 4.39 Å². The van der Waals surface area contributed by atoms with Crippen LogP contribution in [0.2, 0.25) is 0 Å². The summed E-state index contributed by atoms with van der Waals surface area (Å²) in [6.45, 7) is 0. The number of halogens is 2. The molecule has 0 N–H and O–H groups in total. The molecular formula is C14H14ClFS. The summed E-state index contributed by atoms with van der Waals surface area (Å²) in [5.74, 6) is 0.691. The zero-order valence-electron chi connectivity index (χ0n) is 9.40. The molecule has 2 rings (SSSR count). The fourth-order valence-corrected chi connectivity index (χ4v) is 2.90. The van der Waals surface area contributed by atoms with Crippen LogP contribution < -0.4 is 0 Å². The van der Waals surface area contributed by atoms with Crippen molar-refractivity contribution in [2.75, 3.05) is 5.88 Å². The third-order valence-electron chi connectivity index (χ3n) is 2.85. The molecule has 0 saturated heterocycles.